The van der Waals surface area contributed by atoms with Gasteiger partial charge in [0.1, 0.15) is 6.10 Å². The van der Waals surface area contributed by atoms with Crippen molar-refractivity contribution in [3.8, 4) is 12.3 Å². The largest absolute Gasteiger partial charge is 0.389 e. The fraction of sp³-hybridized carbons (Fsp3) is 0.857. The fourth-order valence-corrected chi connectivity index (χ4v) is 7.42. The maximum atomic E-state index is 12.0. The van der Waals surface area contributed by atoms with Crippen LogP contribution in [0.3, 0.4) is 0 Å². The number of hydrogen-bond donors (Lipinski definition) is 3. The average Bonchev–Trinajstić information content (AvgIpc) is 2.79. The maximum absolute atomic E-state index is 12.0. The molecule has 0 radical (unpaired) electrons. The zero-order valence-corrected chi connectivity index (χ0v) is 15.2. The number of hydrogen-bond acceptors (Lipinski definition) is 4. The van der Waals surface area contributed by atoms with E-state index in [-0.39, 0.29) is 23.0 Å². The molecule has 4 rings (SSSR count). The summed E-state index contributed by atoms with van der Waals surface area (Å²) in [7, 11) is 0. The van der Waals surface area contributed by atoms with E-state index in [1.807, 2.05) is 0 Å². The van der Waals surface area contributed by atoms with Gasteiger partial charge in [0, 0.05) is 11.8 Å². The van der Waals surface area contributed by atoms with Crippen molar-refractivity contribution in [1.29, 1.82) is 0 Å². The number of ketones is 1. The Morgan fingerprint density at radius 2 is 1.80 bits per heavy atom. The number of aliphatic hydroxyl groups excluding tert-OH is 2. The van der Waals surface area contributed by atoms with E-state index in [1.54, 1.807) is 0 Å². The maximum Gasteiger partial charge on any atom is 0.161 e. The first-order valence-corrected chi connectivity index (χ1v) is 9.78. The highest BCUT2D eigenvalue weighted by atomic mass is 16.3. The number of Topliss-reactive ketones (excluding diaryl/α,β-unsaturated/α-hetero) is 1. The van der Waals surface area contributed by atoms with E-state index in [9.17, 15) is 20.1 Å². The summed E-state index contributed by atoms with van der Waals surface area (Å²) in [6.45, 7) is 4.31. The molecule has 0 bridgehead atoms. The molecule has 0 aromatic rings. The quantitative estimate of drug-likeness (QED) is 0.586. The van der Waals surface area contributed by atoms with Gasteiger partial charge in [0.2, 0.25) is 0 Å². The lowest BCUT2D eigenvalue weighted by Crippen LogP contribution is -2.59. The zero-order valence-electron chi connectivity index (χ0n) is 15.2. The van der Waals surface area contributed by atoms with Gasteiger partial charge in [0.25, 0.3) is 0 Å². The van der Waals surface area contributed by atoms with E-state index in [2.05, 4.69) is 19.8 Å². The van der Waals surface area contributed by atoms with Crippen LogP contribution in [0.4, 0.5) is 0 Å². The Kier molecular flexibility index (Phi) is 3.72. The van der Waals surface area contributed by atoms with Gasteiger partial charge in [-0.05, 0) is 67.6 Å². The van der Waals surface area contributed by atoms with Crippen LogP contribution >= 0.6 is 0 Å². The number of carbonyl (C=O) groups excluding carboxylic acids is 1. The van der Waals surface area contributed by atoms with Crippen LogP contribution in [0.25, 0.3) is 0 Å². The van der Waals surface area contributed by atoms with Gasteiger partial charge >= 0.3 is 0 Å². The van der Waals surface area contributed by atoms with Crippen molar-refractivity contribution in [1.82, 2.24) is 0 Å². The Bertz CT molecular complexity index is 638. The predicted octanol–water partition coefficient (Wildman–Crippen LogP) is 1.90. The van der Waals surface area contributed by atoms with Crippen LogP contribution in [-0.4, -0.2) is 38.9 Å². The molecule has 0 aliphatic heterocycles. The first-order valence-electron chi connectivity index (χ1n) is 9.78. The topological polar surface area (TPSA) is 77.8 Å². The molecule has 0 spiro atoms. The van der Waals surface area contributed by atoms with Gasteiger partial charge < -0.3 is 15.3 Å². The Balaban J connectivity index is 1.69. The van der Waals surface area contributed by atoms with Crippen molar-refractivity contribution in [3.63, 3.8) is 0 Å². The monoisotopic (exact) mass is 346 g/mol. The summed E-state index contributed by atoms with van der Waals surface area (Å²) in [4.78, 5) is 12.0. The summed E-state index contributed by atoms with van der Waals surface area (Å²) in [6.07, 6.45) is 9.38. The second kappa shape index (κ2) is 5.31. The van der Waals surface area contributed by atoms with E-state index in [1.165, 1.54) is 0 Å². The second-order valence-electron chi connectivity index (χ2n) is 9.60. The highest BCUT2D eigenvalue weighted by molar-refractivity contribution is 5.84. The van der Waals surface area contributed by atoms with E-state index in [0.29, 0.717) is 24.7 Å². The van der Waals surface area contributed by atoms with Crippen molar-refractivity contribution in [3.05, 3.63) is 0 Å². The van der Waals surface area contributed by atoms with Crippen LogP contribution < -0.4 is 0 Å². The van der Waals surface area contributed by atoms with Gasteiger partial charge in [-0.3, -0.25) is 4.79 Å². The van der Waals surface area contributed by atoms with Gasteiger partial charge in [0.15, 0.2) is 11.4 Å². The Morgan fingerprint density at radius 1 is 1.08 bits per heavy atom. The van der Waals surface area contributed by atoms with E-state index < -0.39 is 23.2 Å². The standard InChI is InChI=1S/C21H30O4/c1-4-21(25)17(23)11-15-12-5-6-14-18(24)16(22)8-9-19(14,2)13(12)7-10-20(15,21)3/h1,12-15,17-18,23-25H,5-11H2,2-3H3/t12-,13-,14?,15+,17?,18?,19-,20+,21?/m1/s1. The van der Waals surface area contributed by atoms with Gasteiger partial charge in [-0.2, -0.15) is 0 Å². The van der Waals surface area contributed by atoms with Crippen molar-refractivity contribution < 1.29 is 20.1 Å². The van der Waals surface area contributed by atoms with Gasteiger partial charge in [-0.25, -0.2) is 0 Å². The minimum Gasteiger partial charge on any atom is -0.389 e. The van der Waals surface area contributed by atoms with Crippen molar-refractivity contribution in [2.45, 2.75) is 76.6 Å². The Labute approximate surface area is 150 Å². The number of rotatable bonds is 0. The molecule has 0 aromatic heterocycles. The molecule has 4 fully saturated rings. The lowest BCUT2D eigenvalue weighted by atomic mass is 9.44. The van der Waals surface area contributed by atoms with Crippen LogP contribution in [0.5, 0.6) is 0 Å². The fourth-order valence-electron chi connectivity index (χ4n) is 7.42. The summed E-state index contributed by atoms with van der Waals surface area (Å²) in [5, 5.41) is 32.0. The summed E-state index contributed by atoms with van der Waals surface area (Å²) in [5.74, 6) is 3.61. The molecule has 4 saturated carbocycles. The molecule has 25 heavy (non-hydrogen) atoms. The summed E-state index contributed by atoms with van der Waals surface area (Å²) in [6, 6.07) is 0. The highest BCUT2D eigenvalue weighted by Crippen LogP contribution is 2.67. The zero-order chi connectivity index (χ0) is 18.2. The third-order valence-corrected chi connectivity index (χ3v) is 9.00. The molecule has 0 aromatic carbocycles. The van der Waals surface area contributed by atoms with Crippen LogP contribution in [0, 0.1) is 46.8 Å². The molecule has 4 heteroatoms. The summed E-state index contributed by atoms with van der Waals surface area (Å²) >= 11 is 0. The van der Waals surface area contributed by atoms with E-state index >= 15 is 0 Å². The lowest BCUT2D eigenvalue weighted by Gasteiger charge is -2.61. The number of aliphatic hydroxyl groups is 3. The molecular weight excluding hydrogens is 316 g/mol. The Hall–Kier alpha value is -0.890. The highest BCUT2D eigenvalue weighted by Gasteiger charge is 2.68. The normalized spacial score (nSPS) is 58.0. The van der Waals surface area contributed by atoms with Gasteiger partial charge in [0.05, 0.1) is 6.10 Å². The summed E-state index contributed by atoms with van der Waals surface area (Å²) < 4.78 is 0. The molecule has 138 valence electrons. The number of carbonyl (C=O) groups is 1. The van der Waals surface area contributed by atoms with Crippen LogP contribution in [0.1, 0.15) is 58.8 Å². The van der Waals surface area contributed by atoms with Crippen molar-refractivity contribution in [2.75, 3.05) is 0 Å². The molecule has 0 saturated heterocycles. The average molecular weight is 346 g/mol. The van der Waals surface area contributed by atoms with E-state index in [0.717, 1.165) is 32.1 Å². The van der Waals surface area contributed by atoms with Gasteiger partial charge in [-0.1, -0.05) is 19.8 Å². The van der Waals surface area contributed by atoms with Crippen molar-refractivity contribution in [2.24, 2.45) is 34.5 Å². The molecule has 4 aliphatic rings. The number of terminal acetylenes is 1. The minimum absolute atomic E-state index is 0.000400. The first kappa shape index (κ1) is 17.5. The van der Waals surface area contributed by atoms with Crippen LogP contribution in [-0.2, 0) is 4.79 Å². The first-order chi connectivity index (χ1) is 11.7. The van der Waals surface area contributed by atoms with E-state index in [4.69, 9.17) is 6.42 Å². The molecule has 4 unspecified atom stereocenters. The van der Waals surface area contributed by atoms with Crippen LogP contribution in [0.15, 0.2) is 0 Å². The van der Waals surface area contributed by atoms with Crippen LogP contribution in [0.2, 0.25) is 0 Å². The number of fused-ring (bicyclic) bond motifs is 5. The smallest absolute Gasteiger partial charge is 0.161 e. The molecule has 0 heterocycles. The second-order valence-corrected chi connectivity index (χ2v) is 9.60. The molecule has 4 nitrogen and oxygen atoms in total. The third-order valence-electron chi connectivity index (χ3n) is 9.00. The summed E-state index contributed by atoms with van der Waals surface area (Å²) in [5.41, 5.74) is -1.92. The minimum atomic E-state index is -1.44. The lowest BCUT2D eigenvalue weighted by molar-refractivity contribution is -0.170. The van der Waals surface area contributed by atoms with Gasteiger partial charge in [-0.15, -0.1) is 6.42 Å². The predicted molar refractivity (Wildman–Crippen MR) is 93.3 cm³/mol. The Morgan fingerprint density at radius 3 is 2.48 bits per heavy atom. The molecule has 9 atom stereocenters. The van der Waals surface area contributed by atoms with Crippen molar-refractivity contribution >= 4 is 5.78 Å². The molecule has 0 amide bonds. The third kappa shape index (κ3) is 1.98. The SMILES string of the molecule is C#CC1(O)C(O)C[C@H]2[C@@H]3CCC4C(O)C(=O)CC[C@]4(C)[C@@H]3CC[C@@]21C. The molecule has 3 N–H and O–H groups in total. The molecule has 4 aliphatic carbocycles. The molecular formula is C21H30O4.